The lowest BCUT2D eigenvalue weighted by atomic mass is 9.61. The summed E-state index contributed by atoms with van der Waals surface area (Å²) in [6.07, 6.45) is -0.713. The minimum absolute atomic E-state index is 0.0631. The molecule has 2 aliphatic carbocycles. The first-order valence-corrected chi connectivity index (χ1v) is 12.9. The van der Waals surface area contributed by atoms with E-state index in [2.05, 4.69) is 26.8 Å². The SMILES string of the molecule is CCCCC1(OC)c2ccccc2C2=C(C=CC(C)(C)C=C2)C1(CCCCN(C(F)(F)F)C(F)(F)F)OC. The number of fused-ring (bicyclic) bond motifs is 2. The number of rotatable bonds is 10. The average Bonchev–Trinajstić information content (AvgIpc) is 3.00. The van der Waals surface area contributed by atoms with Gasteiger partial charge in [-0.05, 0) is 48.0 Å². The van der Waals surface area contributed by atoms with Gasteiger partial charge >= 0.3 is 12.6 Å². The van der Waals surface area contributed by atoms with Crippen LogP contribution in [-0.2, 0) is 15.1 Å². The van der Waals surface area contributed by atoms with E-state index in [9.17, 15) is 26.3 Å². The van der Waals surface area contributed by atoms with Gasteiger partial charge in [-0.25, -0.2) is 0 Å². The van der Waals surface area contributed by atoms with Crippen LogP contribution in [0.4, 0.5) is 26.3 Å². The first-order valence-electron chi connectivity index (χ1n) is 12.9. The summed E-state index contributed by atoms with van der Waals surface area (Å²) in [5, 5.41) is 0. The second kappa shape index (κ2) is 11.2. The lowest BCUT2D eigenvalue weighted by molar-refractivity contribution is -0.372. The molecule has 2 aliphatic rings. The monoisotopic (exact) mass is 545 g/mol. The highest BCUT2D eigenvalue weighted by molar-refractivity contribution is 5.86. The summed E-state index contributed by atoms with van der Waals surface area (Å²) in [7, 11) is 3.14. The van der Waals surface area contributed by atoms with Crippen LogP contribution in [0.3, 0.4) is 0 Å². The van der Waals surface area contributed by atoms with Gasteiger partial charge in [-0.3, -0.25) is 0 Å². The van der Waals surface area contributed by atoms with E-state index in [-0.39, 0.29) is 24.7 Å². The molecule has 1 aromatic carbocycles. The lowest BCUT2D eigenvalue weighted by Gasteiger charge is -2.54. The number of allylic oxidation sites excluding steroid dienone is 4. The van der Waals surface area contributed by atoms with Crippen molar-refractivity contribution in [1.82, 2.24) is 4.90 Å². The van der Waals surface area contributed by atoms with Gasteiger partial charge in [-0.2, -0.15) is 26.3 Å². The Morgan fingerprint density at radius 3 is 1.95 bits per heavy atom. The van der Waals surface area contributed by atoms with E-state index < -0.39 is 35.2 Å². The van der Waals surface area contributed by atoms with Crippen molar-refractivity contribution >= 4 is 5.57 Å². The molecule has 0 radical (unpaired) electrons. The van der Waals surface area contributed by atoms with E-state index in [0.29, 0.717) is 6.42 Å². The van der Waals surface area contributed by atoms with E-state index in [0.717, 1.165) is 35.1 Å². The quantitative estimate of drug-likeness (QED) is 0.167. The maximum Gasteiger partial charge on any atom is 0.467 e. The Morgan fingerprint density at radius 1 is 0.789 bits per heavy atom. The average molecular weight is 546 g/mol. The van der Waals surface area contributed by atoms with Gasteiger partial charge in [0.05, 0.1) is 0 Å². The van der Waals surface area contributed by atoms with E-state index in [1.165, 1.54) is 0 Å². The molecule has 38 heavy (non-hydrogen) atoms. The molecule has 0 aliphatic heterocycles. The van der Waals surface area contributed by atoms with Gasteiger partial charge in [0.15, 0.2) is 0 Å². The zero-order chi connectivity index (χ0) is 28.4. The number of benzene rings is 1. The highest BCUT2D eigenvalue weighted by Crippen LogP contribution is 2.57. The van der Waals surface area contributed by atoms with Crippen molar-refractivity contribution in [3.8, 4) is 0 Å². The maximum absolute atomic E-state index is 13.1. The Bertz CT molecular complexity index is 1060. The van der Waals surface area contributed by atoms with Crippen LogP contribution in [0.2, 0.25) is 0 Å². The van der Waals surface area contributed by atoms with Crippen molar-refractivity contribution in [1.29, 1.82) is 0 Å². The molecule has 9 heteroatoms. The zero-order valence-corrected chi connectivity index (χ0v) is 22.6. The van der Waals surface area contributed by atoms with Crippen molar-refractivity contribution in [2.75, 3.05) is 20.8 Å². The van der Waals surface area contributed by atoms with Gasteiger partial charge in [-0.1, -0.05) is 82.2 Å². The van der Waals surface area contributed by atoms with Gasteiger partial charge in [0, 0.05) is 26.2 Å². The summed E-state index contributed by atoms with van der Waals surface area (Å²) in [4.78, 5) is -1.36. The first kappa shape index (κ1) is 30.4. The standard InChI is InChI=1S/C29H37F6NO2/c1-6-7-16-26(37-4)23-13-9-8-12-21(23)22-14-18-25(2,3)19-15-24(22)27(26,38-5)17-10-11-20-36(28(30,31)32)29(33,34)35/h8-9,12-15,18-19H,6-7,10-11,16-17,20H2,1-5H3. The summed E-state index contributed by atoms with van der Waals surface area (Å²) in [5.74, 6) is 0. The van der Waals surface area contributed by atoms with Crippen LogP contribution in [0, 0.1) is 5.41 Å². The molecule has 3 rings (SSSR count). The van der Waals surface area contributed by atoms with Crippen molar-refractivity contribution < 1.29 is 35.8 Å². The third kappa shape index (κ3) is 5.61. The van der Waals surface area contributed by atoms with Crippen LogP contribution in [0.1, 0.15) is 70.4 Å². The van der Waals surface area contributed by atoms with Crippen LogP contribution in [0.5, 0.6) is 0 Å². The summed E-state index contributed by atoms with van der Waals surface area (Å²) in [5.41, 5.74) is 1.22. The van der Waals surface area contributed by atoms with Gasteiger partial charge in [0.1, 0.15) is 11.2 Å². The van der Waals surface area contributed by atoms with Gasteiger partial charge < -0.3 is 9.47 Å². The highest BCUT2D eigenvalue weighted by Gasteiger charge is 2.59. The van der Waals surface area contributed by atoms with Crippen LogP contribution in [0.15, 0.2) is 54.1 Å². The predicted molar refractivity (Wildman–Crippen MR) is 136 cm³/mol. The molecule has 0 saturated heterocycles. The molecule has 0 spiro atoms. The molecule has 2 atom stereocenters. The Hall–Kier alpha value is -2.10. The summed E-state index contributed by atoms with van der Waals surface area (Å²) < 4.78 is 91.3. The molecule has 0 heterocycles. The molecule has 0 fully saturated rings. The van der Waals surface area contributed by atoms with E-state index in [1.807, 2.05) is 42.5 Å². The molecule has 2 unspecified atom stereocenters. The lowest BCUT2D eigenvalue weighted by Crippen LogP contribution is -2.57. The smallest absolute Gasteiger partial charge is 0.370 e. The highest BCUT2D eigenvalue weighted by atomic mass is 19.4. The fourth-order valence-electron chi connectivity index (χ4n) is 5.82. The Balaban J connectivity index is 2.12. The molecule has 0 N–H and O–H groups in total. The van der Waals surface area contributed by atoms with Crippen molar-refractivity contribution in [3.63, 3.8) is 0 Å². The number of ether oxygens (including phenoxy) is 2. The topological polar surface area (TPSA) is 21.7 Å². The van der Waals surface area contributed by atoms with E-state index in [4.69, 9.17) is 9.47 Å². The molecule has 0 amide bonds. The van der Waals surface area contributed by atoms with Gasteiger partial charge in [0.2, 0.25) is 0 Å². The van der Waals surface area contributed by atoms with Crippen molar-refractivity contribution in [2.24, 2.45) is 5.41 Å². The third-order valence-corrected chi connectivity index (χ3v) is 7.74. The van der Waals surface area contributed by atoms with Crippen molar-refractivity contribution in [3.05, 3.63) is 65.3 Å². The largest absolute Gasteiger partial charge is 0.467 e. The van der Waals surface area contributed by atoms with Gasteiger partial charge in [0.25, 0.3) is 0 Å². The normalized spacial score (nSPS) is 24.9. The number of alkyl halides is 6. The Kier molecular flexibility index (Phi) is 8.95. The molecule has 0 bridgehead atoms. The minimum Gasteiger partial charge on any atom is -0.370 e. The zero-order valence-electron chi connectivity index (χ0n) is 22.6. The Labute approximate surface area is 221 Å². The molecule has 0 saturated carbocycles. The molecular weight excluding hydrogens is 508 g/mol. The summed E-state index contributed by atoms with van der Waals surface area (Å²) in [6, 6.07) is 7.86. The number of hydrogen-bond donors (Lipinski definition) is 0. The third-order valence-electron chi connectivity index (χ3n) is 7.74. The number of nitrogens with zero attached hydrogens (tertiary/aromatic N) is 1. The second-order valence-electron chi connectivity index (χ2n) is 10.6. The molecule has 3 nitrogen and oxygen atoms in total. The molecule has 0 aromatic heterocycles. The fourth-order valence-corrected chi connectivity index (χ4v) is 5.82. The molecule has 1 aromatic rings. The number of methoxy groups -OCH3 is 2. The number of hydrogen-bond acceptors (Lipinski definition) is 3. The first-order chi connectivity index (χ1) is 17.7. The molecule has 212 valence electrons. The van der Waals surface area contributed by atoms with Gasteiger partial charge in [-0.15, -0.1) is 4.90 Å². The van der Waals surface area contributed by atoms with E-state index in [1.54, 1.807) is 14.2 Å². The van der Waals surface area contributed by atoms with Crippen LogP contribution >= 0.6 is 0 Å². The van der Waals surface area contributed by atoms with E-state index >= 15 is 0 Å². The fraction of sp³-hybridized carbons (Fsp3) is 0.586. The summed E-state index contributed by atoms with van der Waals surface area (Å²) in [6.45, 7) is 4.98. The van der Waals surface area contributed by atoms with Crippen molar-refractivity contribution in [2.45, 2.75) is 83.1 Å². The summed E-state index contributed by atoms with van der Waals surface area (Å²) >= 11 is 0. The molecular formula is C29H37F6NO2. The number of halogens is 6. The van der Waals surface area contributed by atoms with Crippen LogP contribution < -0.4 is 0 Å². The Morgan fingerprint density at radius 2 is 1.37 bits per heavy atom. The number of unbranched alkanes of at least 4 members (excludes halogenated alkanes) is 2. The predicted octanol–water partition coefficient (Wildman–Crippen LogP) is 8.54. The maximum atomic E-state index is 13.1. The minimum atomic E-state index is -5.51. The second-order valence-corrected chi connectivity index (χ2v) is 10.6. The van der Waals surface area contributed by atoms with Crippen LogP contribution in [0.25, 0.3) is 5.57 Å². The van der Waals surface area contributed by atoms with Crippen LogP contribution in [-0.4, -0.2) is 43.9 Å².